The third kappa shape index (κ3) is 4.48. The molecule has 8 heteroatoms. The number of carbonyl (C=O) groups excluding carboxylic acids is 1. The molecule has 0 atom stereocenters. The minimum Gasteiger partial charge on any atom is -0.497 e. The van der Waals surface area contributed by atoms with Crippen molar-refractivity contribution in [1.82, 2.24) is 0 Å². The molecule has 156 valence electrons. The summed E-state index contributed by atoms with van der Waals surface area (Å²) >= 11 is 0. The molecule has 0 saturated carbocycles. The van der Waals surface area contributed by atoms with Crippen molar-refractivity contribution in [2.75, 3.05) is 30.4 Å². The quantitative estimate of drug-likeness (QED) is 0.745. The van der Waals surface area contributed by atoms with Crippen LogP contribution in [0.2, 0.25) is 0 Å². The van der Waals surface area contributed by atoms with Gasteiger partial charge >= 0.3 is 0 Å². The van der Waals surface area contributed by atoms with E-state index < -0.39 is 10.0 Å². The van der Waals surface area contributed by atoms with E-state index in [2.05, 4.69) is 18.6 Å². The molecule has 0 aromatic heterocycles. The number of methoxy groups -OCH3 is 2. The first-order valence-corrected chi connectivity index (χ1v) is 10.9. The highest BCUT2D eigenvalue weighted by Gasteiger charge is 2.26. The van der Waals surface area contributed by atoms with Crippen LogP contribution in [-0.2, 0) is 21.2 Å². The SMILES string of the molecule is COc1ccc(S(=O)(=O)Nc2ccc3c(c2)CCC(=O)N3CC(C)C)c(OC)c1. The number of hydrogen-bond donors (Lipinski definition) is 1. The monoisotopic (exact) mass is 418 g/mol. The Kier molecular flexibility index (Phi) is 6.02. The Balaban J connectivity index is 1.90. The van der Waals surface area contributed by atoms with E-state index >= 15 is 0 Å². The van der Waals surface area contributed by atoms with E-state index in [1.807, 2.05) is 0 Å². The summed E-state index contributed by atoms with van der Waals surface area (Å²) in [5.74, 6) is 1.14. The van der Waals surface area contributed by atoms with E-state index in [4.69, 9.17) is 9.47 Å². The molecule has 0 radical (unpaired) electrons. The Morgan fingerprint density at radius 3 is 2.48 bits per heavy atom. The van der Waals surface area contributed by atoms with Gasteiger partial charge in [0.05, 0.1) is 14.2 Å². The van der Waals surface area contributed by atoms with Crippen LogP contribution in [0.25, 0.3) is 0 Å². The summed E-state index contributed by atoms with van der Waals surface area (Å²) in [6.07, 6.45) is 1.01. The standard InChI is InChI=1S/C21H26N2O5S/c1-14(2)13-23-18-8-6-16(11-15(18)5-10-21(23)24)22-29(25,26)20-9-7-17(27-3)12-19(20)28-4/h6-9,11-12,14,22H,5,10,13H2,1-4H3. The number of hydrogen-bond acceptors (Lipinski definition) is 5. The van der Waals surface area contributed by atoms with E-state index in [0.29, 0.717) is 36.7 Å². The second-order valence-electron chi connectivity index (χ2n) is 7.36. The van der Waals surface area contributed by atoms with Gasteiger partial charge in [-0.25, -0.2) is 8.42 Å². The van der Waals surface area contributed by atoms with Crippen molar-refractivity contribution >= 4 is 27.3 Å². The van der Waals surface area contributed by atoms with Crippen LogP contribution in [0, 0.1) is 5.92 Å². The van der Waals surface area contributed by atoms with Crippen LogP contribution < -0.4 is 19.1 Å². The third-order valence-corrected chi connectivity index (χ3v) is 6.16. The van der Waals surface area contributed by atoms with E-state index in [-0.39, 0.29) is 16.6 Å². The molecular weight excluding hydrogens is 392 g/mol. The molecule has 2 aromatic rings. The number of fused-ring (bicyclic) bond motifs is 1. The largest absolute Gasteiger partial charge is 0.497 e. The molecule has 0 spiro atoms. The van der Waals surface area contributed by atoms with E-state index in [1.54, 1.807) is 29.2 Å². The van der Waals surface area contributed by atoms with E-state index in [0.717, 1.165) is 11.3 Å². The molecule has 7 nitrogen and oxygen atoms in total. The normalized spacial score (nSPS) is 14.0. The fourth-order valence-corrected chi connectivity index (χ4v) is 4.60. The van der Waals surface area contributed by atoms with Gasteiger partial charge in [-0.3, -0.25) is 9.52 Å². The lowest BCUT2D eigenvalue weighted by Gasteiger charge is -2.31. The minimum absolute atomic E-state index is 0.0233. The Morgan fingerprint density at radius 1 is 1.07 bits per heavy atom. The van der Waals surface area contributed by atoms with Crippen LogP contribution in [0.3, 0.4) is 0 Å². The predicted molar refractivity (Wildman–Crippen MR) is 112 cm³/mol. The first kappa shape index (κ1) is 21.0. The lowest BCUT2D eigenvalue weighted by Crippen LogP contribution is -2.37. The highest BCUT2D eigenvalue weighted by Crippen LogP contribution is 2.33. The van der Waals surface area contributed by atoms with Crippen LogP contribution >= 0.6 is 0 Å². The van der Waals surface area contributed by atoms with Gasteiger partial charge in [0.25, 0.3) is 10.0 Å². The van der Waals surface area contributed by atoms with Crippen LogP contribution in [0.4, 0.5) is 11.4 Å². The summed E-state index contributed by atoms with van der Waals surface area (Å²) in [5, 5.41) is 0. The first-order chi connectivity index (χ1) is 13.7. The molecule has 0 fully saturated rings. The topological polar surface area (TPSA) is 84.9 Å². The molecule has 29 heavy (non-hydrogen) atoms. The van der Waals surface area contributed by atoms with Gasteiger partial charge in [-0.1, -0.05) is 13.8 Å². The molecule has 1 N–H and O–H groups in total. The zero-order valence-electron chi connectivity index (χ0n) is 17.1. The maximum Gasteiger partial charge on any atom is 0.265 e. The van der Waals surface area contributed by atoms with Crippen molar-refractivity contribution in [3.8, 4) is 11.5 Å². The van der Waals surface area contributed by atoms with Crippen molar-refractivity contribution in [1.29, 1.82) is 0 Å². The number of benzene rings is 2. The average molecular weight is 419 g/mol. The smallest absolute Gasteiger partial charge is 0.265 e. The van der Waals surface area contributed by atoms with Crippen LogP contribution in [0.5, 0.6) is 11.5 Å². The highest BCUT2D eigenvalue weighted by molar-refractivity contribution is 7.92. The van der Waals surface area contributed by atoms with E-state index in [9.17, 15) is 13.2 Å². The number of ether oxygens (including phenoxy) is 2. The Labute approximate surface area is 171 Å². The highest BCUT2D eigenvalue weighted by atomic mass is 32.2. The summed E-state index contributed by atoms with van der Waals surface area (Å²) in [5.41, 5.74) is 2.24. The van der Waals surface area contributed by atoms with Gasteiger partial charge in [-0.15, -0.1) is 0 Å². The van der Waals surface area contributed by atoms with Gasteiger partial charge in [-0.05, 0) is 48.2 Å². The van der Waals surface area contributed by atoms with Crippen molar-refractivity contribution in [3.63, 3.8) is 0 Å². The van der Waals surface area contributed by atoms with Crippen LogP contribution in [-0.4, -0.2) is 35.1 Å². The Morgan fingerprint density at radius 2 is 1.83 bits per heavy atom. The number of nitrogens with zero attached hydrogens (tertiary/aromatic N) is 1. The molecule has 3 rings (SSSR count). The van der Waals surface area contributed by atoms with Crippen molar-refractivity contribution in [2.24, 2.45) is 5.92 Å². The lowest BCUT2D eigenvalue weighted by molar-refractivity contribution is -0.119. The fraction of sp³-hybridized carbons (Fsp3) is 0.381. The number of carbonyl (C=O) groups is 1. The zero-order valence-corrected chi connectivity index (χ0v) is 17.9. The number of nitrogens with one attached hydrogen (secondary N) is 1. The fourth-order valence-electron chi connectivity index (χ4n) is 3.40. The first-order valence-electron chi connectivity index (χ1n) is 9.43. The van der Waals surface area contributed by atoms with Gasteiger partial charge in [0.2, 0.25) is 5.91 Å². The molecule has 0 unspecified atom stereocenters. The number of amides is 1. The molecule has 1 heterocycles. The van der Waals surface area contributed by atoms with Gasteiger partial charge in [-0.2, -0.15) is 0 Å². The summed E-state index contributed by atoms with van der Waals surface area (Å²) in [6, 6.07) is 9.82. The van der Waals surface area contributed by atoms with Crippen LogP contribution in [0.1, 0.15) is 25.8 Å². The van der Waals surface area contributed by atoms with Gasteiger partial charge in [0, 0.05) is 30.4 Å². The molecule has 2 aromatic carbocycles. The van der Waals surface area contributed by atoms with Crippen molar-refractivity contribution < 1.29 is 22.7 Å². The molecule has 0 bridgehead atoms. The average Bonchev–Trinajstić information content (AvgIpc) is 2.69. The molecule has 0 aliphatic carbocycles. The van der Waals surface area contributed by atoms with Crippen molar-refractivity contribution in [3.05, 3.63) is 42.0 Å². The van der Waals surface area contributed by atoms with E-state index in [1.165, 1.54) is 26.4 Å². The maximum atomic E-state index is 12.9. The second kappa shape index (κ2) is 8.32. The summed E-state index contributed by atoms with van der Waals surface area (Å²) in [4.78, 5) is 14.1. The second-order valence-corrected chi connectivity index (χ2v) is 9.01. The summed E-state index contributed by atoms with van der Waals surface area (Å²) < 4.78 is 38.8. The lowest BCUT2D eigenvalue weighted by atomic mass is 9.99. The van der Waals surface area contributed by atoms with Gasteiger partial charge < -0.3 is 14.4 Å². The van der Waals surface area contributed by atoms with Crippen LogP contribution in [0.15, 0.2) is 41.3 Å². The Bertz CT molecular complexity index is 1020. The zero-order chi connectivity index (χ0) is 21.2. The number of sulfonamides is 1. The molecule has 1 aliphatic rings. The molecular formula is C21H26N2O5S. The van der Waals surface area contributed by atoms with Crippen molar-refractivity contribution in [2.45, 2.75) is 31.6 Å². The number of aryl methyl sites for hydroxylation is 1. The maximum absolute atomic E-state index is 12.9. The molecule has 1 aliphatic heterocycles. The molecule has 1 amide bonds. The predicted octanol–water partition coefficient (Wildman–Crippen LogP) is 3.44. The molecule has 0 saturated heterocycles. The number of rotatable bonds is 7. The summed E-state index contributed by atoms with van der Waals surface area (Å²) in [7, 11) is -0.951. The summed E-state index contributed by atoms with van der Waals surface area (Å²) in [6.45, 7) is 4.76. The van der Waals surface area contributed by atoms with Gasteiger partial charge in [0.15, 0.2) is 0 Å². The Hall–Kier alpha value is -2.74. The van der Waals surface area contributed by atoms with Gasteiger partial charge in [0.1, 0.15) is 16.4 Å². The third-order valence-electron chi connectivity index (χ3n) is 4.74. The number of anilines is 2. The minimum atomic E-state index is -3.86.